The molecule has 0 N–H and O–H groups in total. The Bertz CT molecular complexity index is 393. The van der Waals surface area contributed by atoms with E-state index in [1.54, 1.807) is 20.8 Å². The van der Waals surface area contributed by atoms with Gasteiger partial charge in [-0.15, -0.1) is 0 Å². The average Bonchev–Trinajstić information content (AvgIpc) is 2.42. The number of ether oxygens (including phenoxy) is 3. The Balaban J connectivity index is 2.67. The van der Waals surface area contributed by atoms with E-state index in [0.29, 0.717) is 19.4 Å². The van der Waals surface area contributed by atoms with Crippen molar-refractivity contribution >= 4 is 18.3 Å². The number of rotatable bonds is 4. The van der Waals surface area contributed by atoms with Gasteiger partial charge in [0.1, 0.15) is 18.5 Å². The van der Waals surface area contributed by atoms with Crippen LogP contribution < -0.4 is 0 Å². The van der Waals surface area contributed by atoms with E-state index in [0.717, 1.165) is 0 Å². The van der Waals surface area contributed by atoms with Crippen LogP contribution in [0.5, 0.6) is 0 Å². The lowest BCUT2D eigenvalue weighted by Crippen LogP contribution is -2.53. The molecule has 0 aromatic rings. The van der Waals surface area contributed by atoms with Gasteiger partial charge in [0.2, 0.25) is 0 Å². The van der Waals surface area contributed by atoms with E-state index < -0.39 is 23.3 Å². The molecule has 7 heteroatoms. The number of hydrogen-bond acceptors (Lipinski definition) is 6. The number of aldehydes is 1. The first-order chi connectivity index (χ1) is 9.74. The van der Waals surface area contributed by atoms with Crippen molar-refractivity contribution in [3.05, 3.63) is 0 Å². The summed E-state index contributed by atoms with van der Waals surface area (Å²) in [5, 5.41) is 0. The molecule has 7 nitrogen and oxygen atoms in total. The number of likely N-dealkylation sites (tertiary alicyclic amines) is 1. The number of hydrogen-bond donors (Lipinski definition) is 0. The number of nitrogens with zero attached hydrogens (tertiary/aromatic N) is 1. The van der Waals surface area contributed by atoms with Crippen LogP contribution in [-0.4, -0.2) is 61.3 Å². The fourth-order valence-corrected chi connectivity index (χ4v) is 2.16. The third-order valence-electron chi connectivity index (χ3n) is 3.21. The second-order valence-electron chi connectivity index (χ2n) is 5.93. The first-order valence-electron chi connectivity index (χ1n) is 6.88. The summed E-state index contributed by atoms with van der Waals surface area (Å²) in [7, 11) is 1.27. The molecule has 1 rings (SSSR count). The molecule has 0 radical (unpaired) electrons. The summed E-state index contributed by atoms with van der Waals surface area (Å²) >= 11 is 0. The number of methoxy groups -OCH3 is 1. The molecule has 0 saturated carbocycles. The number of carbonyl (C=O) groups is 3. The van der Waals surface area contributed by atoms with Gasteiger partial charge in [0.25, 0.3) is 0 Å². The largest absolute Gasteiger partial charge is 0.467 e. The van der Waals surface area contributed by atoms with E-state index in [-0.39, 0.29) is 19.4 Å². The molecule has 1 heterocycles. The zero-order valence-corrected chi connectivity index (χ0v) is 13.0. The molecule has 0 aliphatic carbocycles. The number of carbonyl (C=O) groups excluding carboxylic acids is 3. The number of piperidine rings is 1. The summed E-state index contributed by atoms with van der Waals surface area (Å²) in [5.74, 6) is -0.520. The van der Waals surface area contributed by atoms with Crippen molar-refractivity contribution in [2.45, 2.75) is 44.8 Å². The first kappa shape index (κ1) is 17.4. The van der Waals surface area contributed by atoms with E-state index in [2.05, 4.69) is 0 Å². The molecule has 0 bridgehead atoms. The van der Waals surface area contributed by atoms with E-state index in [1.807, 2.05) is 0 Å². The van der Waals surface area contributed by atoms with E-state index in [4.69, 9.17) is 14.2 Å². The third kappa shape index (κ3) is 4.70. The minimum atomic E-state index is -1.16. The van der Waals surface area contributed by atoms with Crippen molar-refractivity contribution in [1.82, 2.24) is 4.90 Å². The van der Waals surface area contributed by atoms with Crippen molar-refractivity contribution in [2.75, 3.05) is 26.8 Å². The summed E-state index contributed by atoms with van der Waals surface area (Å²) in [6, 6.07) is 0. The Labute approximate surface area is 124 Å². The highest BCUT2D eigenvalue weighted by Crippen LogP contribution is 2.28. The normalized spacial score (nSPS) is 18.0. The lowest BCUT2D eigenvalue weighted by Gasteiger charge is -2.39. The van der Waals surface area contributed by atoms with E-state index in [9.17, 15) is 14.4 Å². The van der Waals surface area contributed by atoms with Gasteiger partial charge in [-0.25, -0.2) is 9.59 Å². The molecule has 0 aromatic heterocycles. The highest BCUT2D eigenvalue weighted by atomic mass is 16.6. The van der Waals surface area contributed by atoms with Crippen LogP contribution in [-0.2, 0) is 23.8 Å². The van der Waals surface area contributed by atoms with Gasteiger partial charge < -0.3 is 23.9 Å². The van der Waals surface area contributed by atoms with Crippen LogP contribution >= 0.6 is 0 Å². The quantitative estimate of drug-likeness (QED) is 0.572. The third-order valence-corrected chi connectivity index (χ3v) is 3.21. The Morgan fingerprint density at radius 3 is 2.24 bits per heavy atom. The molecule has 120 valence electrons. The van der Waals surface area contributed by atoms with E-state index >= 15 is 0 Å². The van der Waals surface area contributed by atoms with Gasteiger partial charge in [0.15, 0.2) is 5.60 Å². The van der Waals surface area contributed by atoms with Gasteiger partial charge in [-0.3, -0.25) is 0 Å². The van der Waals surface area contributed by atoms with Gasteiger partial charge in [-0.1, -0.05) is 0 Å². The predicted octanol–water partition coefficient (Wildman–Crippen LogP) is 1.14. The molecule has 0 unspecified atom stereocenters. The summed E-state index contributed by atoms with van der Waals surface area (Å²) in [6.07, 6.45) is 0.709. The molecular formula is C14H23NO6. The second kappa shape index (κ2) is 6.89. The van der Waals surface area contributed by atoms with Crippen LogP contribution in [0.2, 0.25) is 0 Å². The summed E-state index contributed by atoms with van der Waals surface area (Å²) in [5.41, 5.74) is -1.73. The molecule has 1 aliphatic rings. The Morgan fingerprint density at radius 1 is 1.24 bits per heavy atom. The van der Waals surface area contributed by atoms with Crippen LogP contribution in [0.1, 0.15) is 33.6 Å². The number of esters is 1. The maximum absolute atomic E-state index is 12.0. The zero-order chi connectivity index (χ0) is 16.1. The van der Waals surface area contributed by atoms with Crippen molar-refractivity contribution in [3.8, 4) is 0 Å². The molecule has 21 heavy (non-hydrogen) atoms. The van der Waals surface area contributed by atoms with E-state index in [1.165, 1.54) is 12.0 Å². The Kier molecular flexibility index (Phi) is 5.71. The van der Waals surface area contributed by atoms with Crippen LogP contribution in [0.3, 0.4) is 0 Å². The molecule has 1 aliphatic heterocycles. The summed E-state index contributed by atoms with van der Waals surface area (Å²) < 4.78 is 15.4. The lowest BCUT2D eigenvalue weighted by atomic mass is 9.91. The maximum atomic E-state index is 12.0. The predicted molar refractivity (Wildman–Crippen MR) is 73.8 cm³/mol. The standard InChI is InChI=1S/C14H23NO6/c1-13(2,3)21-12(18)15-7-5-14(6-8-15,11(17)19-4)20-10-9-16/h9H,5-8,10H2,1-4H3. The van der Waals surface area contributed by atoms with Gasteiger partial charge in [-0.2, -0.15) is 0 Å². The molecule has 0 spiro atoms. The van der Waals surface area contributed by atoms with Crippen molar-refractivity contribution < 1.29 is 28.6 Å². The lowest BCUT2D eigenvalue weighted by molar-refractivity contribution is -0.176. The van der Waals surface area contributed by atoms with Crippen LogP contribution in [0.4, 0.5) is 4.79 Å². The average molecular weight is 301 g/mol. The SMILES string of the molecule is COC(=O)C1(OCC=O)CCN(C(=O)OC(C)(C)C)CC1. The zero-order valence-electron chi connectivity index (χ0n) is 13.0. The number of amides is 1. The van der Waals surface area contributed by atoms with Crippen LogP contribution in [0.25, 0.3) is 0 Å². The van der Waals surface area contributed by atoms with Gasteiger partial charge in [0, 0.05) is 25.9 Å². The highest BCUT2D eigenvalue weighted by Gasteiger charge is 2.45. The van der Waals surface area contributed by atoms with Gasteiger partial charge in [-0.05, 0) is 20.8 Å². The van der Waals surface area contributed by atoms with Crippen molar-refractivity contribution in [1.29, 1.82) is 0 Å². The monoisotopic (exact) mass is 301 g/mol. The van der Waals surface area contributed by atoms with Crippen molar-refractivity contribution in [2.24, 2.45) is 0 Å². The molecular weight excluding hydrogens is 278 g/mol. The summed E-state index contributed by atoms with van der Waals surface area (Å²) in [6.45, 7) is 5.82. The minimum absolute atomic E-state index is 0.179. The smallest absolute Gasteiger partial charge is 0.410 e. The molecule has 1 fully saturated rings. The fourth-order valence-electron chi connectivity index (χ4n) is 2.16. The Hall–Kier alpha value is -1.63. The van der Waals surface area contributed by atoms with Crippen LogP contribution in [0, 0.1) is 0 Å². The summed E-state index contributed by atoms with van der Waals surface area (Å²) in [4.78, 5) is 35.9. The molecule has 0 aromatic carbocycles. The highest BCUT2D eigenvalue weighted by molar-refractivity contribution is 5.80. The second-order valence-corrected chi connectivity index (χ2v) is 5.93. The Morgan fingerprint density at radius 2 is 1.81 bits per heavy atom. The minimum Gasteiger partial charge on any atom is -0.467 e. The van der Waals surface area contributed by atoms with Gasteiger partial charge >= 0.3 is 12.1 Å². The fraction of sp³-hybridized carbons (Fsp3) is 0.786. The van der Waals surface area contributed by atoms with Crippen molar-refractivity contribution in [3.63, 3.8) is 0 Å². The first-order valence-corrected chi connectivity index (χ1v) is 6.88. The van der Waals surface area contributed by atoms with Crippen LogP contribution in [0.15, 0.2) is 0 Å². The maximum Gasteiger partial charge on any atom is 0.410 e. The molecule has 1 saturated heterocycles. The topological polar surface area (TPSA) is 82.1 Å². The molecule has 1 amide bonds. The van der Waals surface area contributed by atoms with Gasteiger partial charge in [0.05, 0.1) is 7.11 Å². The molecule has 0 atom stereocenters.